The van der Waals surface area contributed by atoms with Crippen LogP contribution in [0.5, 0.6) is 11.5 Å². The average molecular weight is 555 g/mol. The van der Waals surface area contributed by atoms with Crippen molar-refractivity contribution in [3.05, 3.63) is 88.9 Å². The molecule has 208 valence electrons. The molecule has 3 aromatic rings. The number of rotatable bonds is 10. The molecule has 0 amide bonds. The molecule has 1 saturated heterocycles. The third-order valence-electron chi connectivity index (χ3n) is 6.42. The highest BCUT2D eigenvalue weighted by Gasteiger charge is 2.19. The van der Waals surface area contributed by atoms with Crippen molar-refractivity contribution >= 4 is 29.2 Å². The van der Waals surface area contributed by atoms with Crippen LogP contribution in [-0.4, -0.2) is 73.5 Å². The van der Waals surface area contributed by atoms with Gasteiger partial charge in [0.2, 0.25) is 0 Å². The van der Waals surface area contributed by atoms with Gasteiger partial charge in [0.1, 0.15) is 11.5 Å². The third-order valence-corrected chi connectivity index (χ3v) is 6.65. The van der Waals surface area contributed by atoms with Gasteiger partial charge in [-0.25, -0.2) is 9.59 Å². The lowest BCUT2D eigenvalue weighted by atomic mass is 10.1. The summed E-state index contributed by atoms with van der Waals surface area (Å²) >= 11 is 6.29. The quantitative estimate of drug-likeness (QED) is 0.342. The first kappa shape index (κ1) is 29.8. The molecule has 39 heavy (non-hydrogen) atoms. The van der Waals surface area contributed by atoms with Gasteiger partial charge in [0.25, 0.3) is 0 Å². The number of halogens is 1. The number of benzene rings is 3. The summed E-state index contributed by atoms with van der Waals surface area (Å²) in [4.78, 5) is 23.2. The van der Waals surface area contributed by atoms with Crippen molar-refractivity contribution in [2.45, 2.75) is 19.3 Å². The first-order valence-corrected chi connectivity index (χ1v) is 13.3. The van der Waals surface area contributed by atoms with E-state index in [2.05, 4.69) is 52.3 Å². The Balaban J connectivity index is 0.000000631. The minimum absolute atomic E-state index is 0.670. The Labute approximate surface area is 234 Å². The van der Waals surface area contributed by atoms with Gasteiger partial charge < -0.3 is 24.6 Å². The van der Waals surface area contributed by atoms with Crippen LogP contribution in [0.3, 0.4) is 0 Å². The van der Waals surface area contributed by atoms with E-state index in [9.17, 15) is 0 Å². The van der Waals surface area contributed by atoms with E-state index in [0.29, 0.717) is 6.61 Å². The Morgan fingerprint density at radius 2 is 1.51 bits per heavy atom. The van der Waals surface area contributed by atoms with Crippen molar-refractivity contribution in [3.8, 4) is 11.5 Å². The standard InChI is InChI=1S/C28H33ClN2O2.C2H2O4/c1-32-28-12-6-5-11-26(28)31-19-17-30(18-20-31)16-7-10-24-22-25(29)13-14-27(24)33-21-15-23-8-3-2-4-9-23;3-1(4)2(5)6/h2-6,8-9,11-14,22H,7,10,15-21H2,1H3;(H,3,4)(H,5,6). The molecular formula is C30H35ClN2O6. The highest BCUT2D eigenvalue weighted by atomic mass is 35.5. The van der Waals surface area contributed by atoms with Crippen molar-refractivity contribution in [2.24, 2.45) is 0 Å². The molecule has 1 aliphatic rings. The Bertz CT molecular complexity index is 1190. The zero-order chi connectivity index (χ0) is 28.0. The topological polar surface area (TPSA) is 99.5 Å². The van der Waals surface area contributed by atoms with Crippen LogP contribution >= 0.6 is 11.6 Å². The van der Waals surface area contributed by atoms with Crippen LogP contribution in [0.2, 0.25) is 5.02 Å². The second-order valence-electron chi connectivity index (χ2n) is 9.05. The van der Waals surface area contributed by atoms with Crippen LogP contribution in [0.15, 0.2) is 72.8 Å². The number of methoxy groups -OCH3 is 1. The molecule has 0 spiro atoms. The van der Waals surface area contributed by atoms with Crippen molar-refractivity contribution in [1.82, 2.24) is 4.90 Å². The summed E-state index contributed by atoms with van der Waals surface area (Å²) in [6.45, 7) is 5.91. The predicted molar refractivity (Wildman–Crippen MR) is 152 cm³/mol. The van der Waals surface area contributed by atoms with E-state index in [-0.39, 0.29) is 0 Å². The zero-order valence-corrected chi connectivity index (χ0v) is 22.8. The number of hydrogen-bond donors (Lipinski definition) is 2. The molecule has 1 aliphatic heterocycles. The van der Waals surface area contributed by atoms with Crippen molar-refractivity contribution in [1.29, 1.82) is 0 Å². The van der Waals surface area contributed by atoms with Crippen LogP contribution in [0.25, 0.3) is 0 Å². The molecule has 0 bridgehead atoms. The third kappa shape index (κ3) is 9.81. The summed E-state index contributed by atoms with van der Waals surface area (Å²) < 4.78 is 11.7. The van der Waals surface area contributed by atoms with Gasteiger partial charge in [0.05, 0.1) is 19.4 Å². The number of piperazine rings is 1. The van der Waals surface area contributed by atoms with Crippen LogP contribution in [0.1, 0.15) is 17.5 Å². The summed E-state index contributed by atoms with van der Waals surface area (Å²) in [5.41, 5.74) is 3.68. The van der Waals surface area contributed by atoms with Gasteiger partial charge >= 0.3 is 11.9 Å². The van der Waals surface area contributed by atoms with Gasteiger partial charge in [0, 0.05) is 37.6 Å². The molecule has 0 saturated carbocycles. The second-order valence-corrected chi connectivity index (χ2v) is 9.49. The largest absolute Gasteiger partial charge is 0.495 e. The Hall–Kier alpha value is -3.75. The average Bonchev–Trinajstić information content (AvgIpc) is 2.95. The fourth-order valence-electron chi connectivity index (χ4n) is 4.40. The molecule has 1 heterocycles. The van der Waals surface area contributed by atoms with E-state index >= 15 is 0 Å². The lowest BCUT2D eigenvalue weighted by Gasteiger charge is -2.36. The fraction of sp³-hybridized carbons (Fsp3) is 0.333. The van der Waals surface area contributed by atoms with Crippen LogP contribution in [0, 0.1) is 0 Å². The maximum absolute atomic E-state index is 9.10. The molecule has 0 atom stereocenters. The molecule has 3 aromatic carbocycles. The molecular weight excluding hydrogens is 520 g/mol. The van der Waals surface area contributed by atoms with Gasteiger partial charge in [-0.05, 0) is 60.8 Å². The maximum atomic E-state index is 9.10. The van der Waals surface area contributed by atoms with E-state index in [1.54, 1.807) is 7.11 Å². The monoisotopic (exact) mass is 554 g/mol. The Morgan fingerprint density at radius 3 is 2.18 bits per heavy atom. The molecule has 4 rings (SSSR count). The summed E-state index contributed by atoms with van der Waals surface area (Å²) in [6.07, 6.45) is 2.96. The molecule has 0 aliphatic carbocycles. The highest BCUT2D eigenvalue weighted by molar-refractivity contribution is 6.30. The van der Waals surface area contributed by atoms with Crippen molar-refractivity contribution in [3.63, 3.8) is 0 Å². The first-order valence-electron chi connectivity index (χ1n) is 12.9. The van der Waals surface area contributed by atoms with Crippen molar-refractivity contribution < 1.29 is 29.3 Å². The fourth-order valence-corrected chi connectivity index (χ4v) is 4.60. The summed E-state index contributed by atoms with van der Waals surface area (Å²) in [7, 11) is 1.74. The molecule has 0 aromatic heterocycles. The smallest absolute Gasteiger partial charge is 0.414 e. The lowest BCUT2D eigenvalue weighted by Crippen LogP contribution is -2.46. The summed E-state index contributed by atoms with van der Waals surface area (Å²) in [5.74, 6) is -1.74. The number of anilines is 1. The number of carboxylic acids is 2. The second kappa shape index (κ2) is 15.6. The molecule has 1 fully saturated rings. The van der Waals surface area contributed by atoms with E-state index in [0.717, 1.165) is 68.5 Å². The highest BCUT2D eigenvalue weighted by Crippen LogP contribution is 2.29. The van der Waals surface area contributed by atoms with E-state index in [1.807, 2.05) is 30.3 Å². The maximum Gasteiger partial charge on any atom is 0.414 e. The number of aliphatic carboxylic acids is 2. The van der Waals surface area contributed by atoms with Crippen molar-refractivity contribution in [2.75, 3.05) is 51.3 Å². The molecule has 8 nitrogen and oxygen atoms in total. The minimum Gasteiger partial charge on any atom is -0.495 e. The van der Waals surface area contributed by atoms with Gasteiger partial charge in [0.15, 0.2) is 0 Å². The number of ether oxygens (including phenoxy) is 2. The number of para-hydroxylation sites is 2. The number of carboxylic acid groups (broad SMARTS) is 2. The van der Waals surface area contributed by atoms with E-state index < -0.39 is 11.9 Å². The number of nitrogens with zero attached hydrogens (tertiary/aromatic N) is 2. The molecule has 9 heteroatoms. The molecule has 2 N–H and O–H groups in total. The van der Waals surface area contributed by atoms with Crippen LogP contribution in [0.4, 0.5) is 5.69 Å². The molecule has 0 unspecified atom stereocenters. The summed E-state index contributed by atoms with van der Waals surface area (Å²) in [6, 6.07) is 24.7. The number of aryl methyl sites for hydroxylation is 1. The first-order chi connectivity index (χ1) is 18.9. The van der Waals surface area contributed by atoms with Gasteiger partial charge in [-0.15, -0.1) is 0 Å². The van der Waals surface area contributed by atoms with E-state index in [4.69, 9.17) is 40.9 Å². The Kier molecular flexibility index (Phi) is 11.9. The summed E-state index contributed by atoms with van der Waals surface area (Å²) in [5, 5.41) is 15.6. The van der Waals surface area contributed by atoms with Gasteiger partial charge in [-0.1, -0.05) is 54.1 Å². The normalized spacial score (nSPS) is 13.2. The number of carbonyl (C=O) groups is 2. The number of hydrogen-bond acceptors (Lipinski definition) is 6. The van der Waals surface area contributed by atoms with Crippen LogP contribution < -0.4 is 14.4 Å². The molecule has 0 radical (unpaired) electrons. The zero-order valence-electron chi connectivity index (χ0n) is 22.1. The van der Waals surface area contributed by atoms with E-state index in [1.165, 1.54) is 16.8 Å². The van der Waals surface area contributed by atoms with Gasteiger partial charge in [-0.3, -0.25) is 4.90 Å². The SMILES string of the molecule is COc1ccccc1N1CCN(CCCc2cc(Cl)ccc2OCCc2ccccc2)CC1.O=C(O)C(=O)O. The minimum atomic E-state index is -1.82. The Morgan fingerprint density at radius 1 is 0.846 bits per heavy atom. The lowest BCUT2D eigenvalue weighted by molar-refractivity contribution is -0.159. The van der Waals surface area contributed by atoms with Crippen LogP contribution in [-0.2, 0) is 22.4 Å². The van der Waals surface area contributed by atoms with Gasteiger partial charge in [-0.2, -0.15) is 0 Å². The predicted octanol–water partition coefficient (Wildman–Crippen LogP) is 4.88.